The third kappa shape index (κ3) is 4.52. The number of rotatable bonds is 6. The lowest BCUT2D eigenvalue weighted by Gasteiger charge is -2.34. The molecule has 0 unspecified atom stereocenters. The van der Waals surface area contributed by atoms with Crippen molar-refractivity contribution in [3.63, 3.8) is 0 Å². The van der Waals surface area contributed by atoms with Gasteiger partial charge in [-0.05, 0) is 30.2 Å². The van der Waals surface area contributed by atoms with Gasteiger partial charge in [0.15, 0.2) is 6.61 Å². The largest absolute Gasteiger partial charge is 0.483 e. The summed E-state index contributed by atoms with van der Waals surface area (Å²) in [6.45, 7) is 5.65. The molecule has 1 amide bonds. The van der Waals surface area contributed by atoms with Crippen LogP contribution in [-0.4, -0.2) is 58.5 Å². The molecule has 1 fully saturated rings. The zero-order valence-electron chi connectivity index (χ0n) is 17.3. The molecule has 0 radical (unpaired) electrons. The van der Waals surface area contributed by atoms with Crippen LogP contribution in [0.5, 0.6) is 5.75 Å². The van der Waals surface area contributed by atoms with Crippen LogP contribution in [0.1, 0.15) is 18.3 Å². The van der Waals surface area contributed by atoms with Gasteiger partial charge in [-0.1, -0.05) is 37.3 Å². The summed E-state index contributed by atoms with van der Waals surface area (Å²) in [4.78, 5) is 25.8. The highest BCUT2D eigenvalue weighted by Crippen LogP contribution is 2.19. The Bertz CT molecular complexity index is 1030. The zero-order valence-corrected chi connectivity index (χ0v) is 17.3. The van der Waals surface area contributed by atoms with Crippen LogP contribution in [0.25, 0.3) is 10.9 Å². The Balaban J connectivity index is 1.30. The summed E-state index contributed by atoms with van der Waals surface area (Å²) in [7, 11) is 0. The molecule has 30 heavy (non-hydrogen) atoms. The fraction of sp³-hybridized carbons (Fsp3) is 0.348. The number of ether oxygens (including phenoxy) is 1. The number of para-hydroxylation sites is 2. The molecule has 2 heterocycles. The number of piperazine rings is 1. The lowest BCUT2D eigenvalue weighted by molar-refractivity contribution is -0.135. The van der Waals surface area contributed by atoms with Gasteiger partial charge in [-0.2, -0.15) is 0 Å². The van der Waals surface area contributed by atoms with Crippen molar-refractivity contribution >= 4 is 22.6 Å². The number of aromatic nitrogens is 2. The number of aryl methyl sites for hydroxylation is 1. The van der Waals surface area contributed by atoms with Gasteiger partial charge in [0.25, 0.3) is 5.91 Å². The predicted octanol–water partition coefficient (Wildman–Crippen LogP) is 2.50. The van der Waals surface area contributed by atoms with Gasteiger partial charge in [-0.25, -0.2) is 9.97 Å². The fourth-order valence-corrected chi connectivity index (χ4v) is 3.74. The molecule has 0 atom stereocenters. The van der Waals surface area contributed by atoms with Gasteiger partial charge >= 0.3 is 0 Å². The van der Waals surface area contributed by atoms with E-state index >= 15 is 0 Å². The maximum atomic E-state index is 12.6. The van der Waals surface area contributed by atoms with E-state index in [9.17, 15) is 4.79 Å². The van der Waals surface area contributed by atoms with E-state index in [1.807, 2.05) is 53.4 Å². The van der Waals surface area contributed by atoms with Gasteiger partial charge in [0, 0.05) is 31.6 Å². The fourth-order valence-electron chi connectivity index (χ4n) is 3.74. The van der Waals surface area contributed by atoms with Gasteiger partial charge < -0.3 is 15.4 Å². The number of anilines is 1. The Kier molecular flexibility index (Phi) is 6.09. The first-order valence-corrected chi connectivity index (χ1v) is 10.4. The maximum Gasteiger partial charge on any atom is 0.260 e. The standard InChI is InChI=1S/C23H27N5O2/c1-2-17-7-3-6-10-20(17)30-16-22(29)28-13-11-27(12-14-28)15-21-25-19-9-5-4-8-18(19)23(24)26-21/h3-10H,2,11-16H2,1H3,(H2,24,25,26). The molecule has 2 aromatic carbocycles. The first kappa shape index (κ1) is 20.1. The summed E-state index contributed by atoms with van der Waals surface area (Å²) in [5, 5.41) is 0.876. The molecule has 0 aliphatic carbocycles. The van der Waals surface area contributed by atoms with E-state index in [0.29, 0.717) is 31.3 Å². The highest BCUT2D eigenvalue weighted by molar-refractivity contribution is 5.87. The van der Waals surface area contributed by atoms with Crippen LogP contribution >= 0.6 is 0 Å². The second-order valence-corrected chi connectivity index (χ2v) is 7.45. The second kappa shape index (κ2) is 9.09. The number of hydrogen-bond acceptors (Lipinski definition) is 6. The molecule has 1 aromatic heterocycles. The summed E-state index contributed by atoms with van der Waals surface area (Å²) >= 11 is 0. The molecule has 0 bridgehead atoms. The normalized spacial score (nSPS) is 14.8. The van der Waals surface area contributed by atoms with Gasteiger partial charge in [0.05, 0.1) is 12.1 Å². The molecule has 7 nitrogen and oxygen atoms in total. The number of carbonyl (C=O) groups is 1. The molecule has 0 saturated carbocycles. The smallest absolute Gasteiger partial charge is 0.260 e. The van der Waals surface area contributed by atoms with E-state index in [0.717, 1.165) is 41.7 Å². The SMILES string of the molecule is CCc1ccccc1OCC(=O)N1CCN(Cc2nc(N)c3ccccc3n2)CC1. The quantitative estimate of drug-likeness (QED) is 0.678. The van der Waals surface area contributed by atoms with Crippen LogP contribution in [0, 0.1) is 0 Å². The number of fused-ring (bicyclic) bond motifs is 1. The average molecular weight is 406 g/mol. The third-order valence-electron chi connectivity index (χ3n) is 5.47. The average Bonchev–Trinajstić information content (AvgIpc) is 2.78. The second-order valence-electron chi connectivity index (χ2n) is 7.45. The number of amides is 1. The minimum atomic E-state index is 0.0201. The lowest BCUT2D eigenvalue weighted by Crippen LogP contribution is -2.49. The van der Waals surface area contributed by atoms with E-state index in [-0.39, 0.29) is 12.5 Å². The van der Waals surface area contributed by atoms with Crippen LogP contribution in [0.4, 0.5) is 5.82 Å². The minimum absolute atomic E-state index is 0.0201. The first-order chi connectivity index (χ1) is 14.6. The molecule has 1 aliphatic heterocycles. The summed E-state index contributed by atoms with van der Waals surface area (Å²) in [5.74, 6) is 2.03. The van der Waals surface area contributed by atoms with E-state index in [4.69, 9.17) is 10.5 Å². The topological polar surface area (TPSA) is 84.6 Å². The van der Waals surface area contributed by atoms with Crippen molar-refractivity contribution in [1.82, 2.24) is 19.8 Å². The van der Waals surface area contributed by atoms with Crippen LogP contribution in [-0.2, 0) is 17.8 Å². The molecular weight excluding hydrogens is 378 g/mol. The number of nitrogens with zero attached hydrogens (tertiary/aromatic N) is 4. The third-order valence-corrected chi connectivity index (χ3v) is 5.47. The minimum Gasteiger partial charge on any atom is -0.483 e. The van der Waals surface area contributed by atoms with Crippen LogP contribution in [0.15, 0.2) is 48.5 Å². The molecular formula is C23H27N5O2. The summed E-state index contributed by atoms with van der Waals surface area (Å²) in [5.41, 5.74) is 8.06. The van der Waals surface area contributed by atoms with Crippen LogP contribution in [0.2, 0.25) is 0 Å². The van der Waals surface area contributed by atoms with Crippen molar-refractivity contribution in [2.75, 3.05) is 38.5 Å². The molecule has 1 saturated heterocycles. The first-order valence-electron chi connectivity index (χ1n) is 10.4. The van der Waals surface area contributed by atoms with Gasteiger partial charge in [-0.3, -0.25) is 9.69 Å². The Morgan fingerprint density at radius 2 is 1.77 bits per heavy atom. The van der Waals surface area contributed by atoms with E-state index < -0.39 is 0 Å². The van der Waals surface area contributed by atoms with Crippen molar-refractivity contribution in [3.8, 4) is 5.75 Å². The molecule has 0 spiro atoms. The Morgan fingerprint density at radius 1 is 1.03 bits per heavy atom. The van der Waals surface area contributed by atoms with Crippen molar-refractivity contribution in [1.29, 1.82) is 0 Å². The van der Waals surface area contributed by atoms with Crippen LogP contribution < -0.4 is 10.5 Å². The highest BCUT2D eigenvalue weighted by atomic mass is 16.5. The summed E-state index contributed by atoms with van der Waals surface area (Å²) in [6.07, 6.45) is 0.879. The number of benzene rings is 2. The molecule has 156 valence electrons. The number of carbonyl (C=O) groups excluding carboxylic acids is 1. The molecule has 4 rings (SSSR count). The van der Waals surface area contributed by atoms with Crippen molar-refractivity contribution in [2.24, 2.45) is 0 Å². The van der Waals surface area contributed by atoms with E-state index in [2.05, 4.69) is 21.8 Å². The zero-order chi connectivity index (χ0) is 20.9. The van der Waals surface area contributed by atoms with Gasteiger partial charge in [0.1, 0.15) is 17.4 Å². The van der Waals surface area contributed by atoms with Gasteiger partial charge in [-0.15, -0.1) is 0 Å². The Morgan fingerprint density at radius 3 is 2.57 bits per heavy atom. The Hall–Kier alpha value is -3.19. The van der Waals surface area contributed by atoms with E-state index in [1.165, 1.54) is 0 Å². The molecule has 7 heteroatoms. The molecule has 1 aliphatic rings. The maximum absolute atomic E-state index is 12.6. The summed E-state index contributed by atoms with van der Waals surface area (Å²) < 4.78 is 5.78. The van der Waals surface area contributed by atoms with Crippen molar-refractivity contribution in [2.45, 2.75) is 19.9 Å². The van der Waals surface area contributed by atoms with Crippen molar-refractivity contribution in [3.05, 3.63) is 59.9 Å². The van der Waals surface area contributed by atoms with Crippen LogP contribution in [0.3, 0.4) is 0 Å². The summed E-state index contributed by atoms with van der Waals surface area (Å²) in [6, 6.07) is 15.6. The monoisotopic (exact) mass is 405 g/mol. The predicted molar refractivity (Wildman–Crippen MR) is 117 cm³/mol. The molecule has 3 aromatic rings. The highest BCUT2D eigenvalue weighted by Gasteiger charge is 2.22. The lowest BCUT2D eigenvalue weighted by atomic mass is 10.1. The van der Waals surface area contributed by atoms with E-state index in [1.54, 1.807) is 0 Å². The van der Waals surface area contributed by atoms with Crippen molar-refractivity contribution < 1.29 is 9.53 Å². The van der Waals surface area contributed by atoms with Gasteiger partial charge in [0.2, 0.25) is 0 Å². The molecule has 2 N–H and O–H groups in total. The number of nitrogens with two attached hydrogens (primary N) is 1. The number of hydrogen-bond donors (Lipinski definition) is 1. The number of nitrogen functional groups attached to an aromatic ring is 1. The Labute approximate surface area is 176 Å².